The van der Waals surface area contributed by atoms with Crippen molar-refractivity contribution in [3.63, 3.8) is 0 Å². The number of amides is 1. The fourth-order valence-corrected chi connectivity index (χ4v) is 4.88. The fourth-order valence-electron chi connectivity index (χ4n) is 3.98. The van der Waals surface area contributed by atoms with E-state index in [1.807, 2.05) is 66.0 Å². The highest BCUT2D eigenvalue weighted by atomic mass is 32.1. The van der Waals surface area contributed by atoms with Gasteiger partial charge in [-0.25, -0.2) is 4.98 Å². The van der Waals surface area contributed by atoms with Crippen molar-refractivity contribution in [2.75, 3.05) is 7.05 Å². The zero-order chi connectivity index (χ0) is 23.5. The first kappa shape index (κ1) is 21.8. The lowest BCUT2D eigenvalue weighted by Gasteiger charge is -2.18. The molecule has 5 nitrogen and oxygen atoms in total. The Labute approximate surface area is 201 Å². The molecule has 0 aliphatic heterocycles. The van der Waals surface area contributed by atoms with Crippen LogP contribution in [0.5, 0.6) is 0 Å². The summed E-state index contributed by atoms with van der Waals surface area (Å²) in [5, 5.41) is 2.52. The van der Waals surface area contributed by atoms with Crippen molar-refractivity contribution in [1.82, 2.24) is 14.5 Å². The van der Waals surface area contributed by atoms with E-state index < -0.39 is 0 Å². The number of carbonyl (C=O) groups is 1. The van der Waals surface area contributed by atoms with E-state index in [2.05, 4.69) is 29.2 Å². The summed E-state index contributed by atoms with van der Waals surface area (Å²) < 4.78 is 1.40. The molecule has 0 radical (unpaired) electrons. The molecule has 34 heavy (non-hydrogen) atoms. The van der Waals surface area contributed by atoms with Crippen LogP contribution in [-0.2, 0) is 17.9 Å². The number of rotatable bonds is 6. The lowest BCUT2D eigenvalue weighted by molar-refractivity contribution is -0.131. The molecule has 0 bridgehead atoms. The van der Waals surface area contributed by atoms with Gasteiger partial charge >= 0.3 is 0 Å². The van der Waals surface area contributed by atoms with Crippen LogP contribution in [0.1, 0.15) is 5.56 Å². The molecule has 0 unspecified atom stereocenters. The van der Waals surface area contributed by atoms with Crippen LogP contribution in [0.3, 0.4) is 0 Å². The zero-order valence-corrected chi connectivity index (χ0v) is 19.5. The third-order valence-corrected chi connectivity index (χ3v) is 6.74. The molecule has 0 N–H and O–H groups in total. The first-order valence-electron chi connectivity index (χ1n) is 11.0. The summed E-state index contributed by atoms with van der Waals surface area (Å²) in [7, 11) is 1.75. The SMILES string of the molecule is CN(Cc1ccccc1)C(=O)Cn1cnc2scc(-c3ccc(-c4ccccc4)cc3)c2c1=O. The van der Waals surface area contributed by atoms with Gasteiger partial charge in [-0.05, 0) is 22.3 Å². The predicted molar refractivity (Wildman–Crippen MR) is 138 cm³/mol. The van der Waals surface area contributed by atoms with Gasteiger partial charge in [0.2, 0.25) is 5.91 Å². The summed E-state index contributed by atoms with van der Waals surface area (Å²) >= 11 is 1.44. The number of hydrogen-bond donors (Lipinski definition) is 0. The molecule has 5 aromatic rings. The first-order chi connectivity index (χ1) is 16.6. The molecule has 0 aliphatic rings. The van der Waals surface area contributed by atoms with Crippen molar-refractivity contribution in [3.8, 4) is 22.3 Å². The quantitative estimate of drug-likeness (QED) is 0.335. The Balaban J connectivity index is 1.41. The lowest BCUT2D eigenvalue weighted by Crippen LogP contribution is -2.33. The maximum absolute atomic E-state index is 13.3. The Morgan fingerprint density at radius 1 is 0.882 bits per heavy atom. The smallest absolute Gasteiger partial charge is 0.263 e. The number of aromatic nitrogens is 2. The Bertz CT molecular complexity index is 1490. The average molecular weight is 466 g/mol. The van der Waals surface area contributed by atoms with E-state index in [0.717, 1.165) is 27.8 Å². The minimum Gasteiger partial charge on any atom is -0.340 e. The first-order valence-corrected chi connectivity index (χ1v) is 11.9. The molecular formula is C28H23N3O2S. The van der Waals surface area contributed by atoms with Crippen LogP contribution in [0.2, 0.25) is 0 Å². The van der Waals surface area contributed by atoms with Gasteiger partial charge in [-0.3, -0.25) is 14.2 Å². The minimum atomic E-state index is -0.199. The average Bonchev–Trinajstić information content (AvgIpc) is 3.32. The van der Waals surface area contributed by atoms with E-state index in [4.69, 9.17) is 0 Å². The highest BCUT2D eigenvalue weighted by molar-refractivity contribution is 7.17. The van der Waals surface area contributed by atoms with Gasteiger partial charge < -0.3 is 4.90 Å². The standard InChI is InChI=1S/C28H23N3O2S/c1-30(16-20-8-4-2-5-9-20)25(32)17-31-19-29-27-26(28(31)33)24(18-34-27)23-14-12-22(13-15-23)21-10-6-3-7-11-21/h2-15,18-19H,16-17H2,1H3. The molecule has 0 fully saturated rings. The van der Waals surface area contributed by atoms with E-state index >= 15 is 0 Å². The van der Waals surface area contributed by atoms with Gasteiger partial charge in [-0.15, -0.1) is 11.3 Å². The second-order valence-corrected chi connectivity index (χ2v) is 9.04. The minimum absolute atomic E-state index is 0.0483. The van der Waals surface area contributed by atoms with Gasteiger partial charge in [0.05, 0.1) is 11.7 Å². The van der Waals surface area contributed by atoms with Crippen molar-refractivity contribution in [2.45, 2.75) is 13.1 Å². The van der Waals surface area contributed by atoms with Crippen molar-refractivity contribution in [2.24, 2.45) is 0 Å². The number of carbonyl (C=O) groups excluding carboxylic acids is 1. The van der Waals surface area contributed by atoms with Crippen molar-refractivity contribution in [3.05, 3.63) is 113 Å². The summed E-state index contributed by atoms with van der Waals surface area (Å²) in [5.74, 6) is -0.143. The predicted octanol–water partition coefficient (Wildman–Crippen LogP) is 5.45. The third-order valence-electron chi connectivity index (χ3n) is 5.86. The molecule has 168 valence electrons. The number of nitrogens with zero attached hydrogens (tertiary/aromatic N) is 3. The Morgan fingerprint density at radius 3 is 2.21 bits per heavy atom. The number of likely N-dealkylation sites (N-methyl/N-ethyl adjacent to an activating group) is 1. The molecule has 1 amide bonds. The molecule has 6 heteroatoms. The number of benzene rings is 3. The Hall–Kier alpha value is -4.03. The highest BCUT2D eigenvalue weighted by Gasteiger charge is 2.16. The molecule has 2 heterocycles. The zero-order valence-electron chi connectivity index (χ0n) is 18.7. The fraction of sp³-hybridized carbons (Fsp3) is 0.107. The lowest BCUT2D eigenvalue weighted by atomic mass is 10.0. The number of fused-ring (bicyclic) bond motifs is 1. The van der Waals surface area contributed by atoms with Crippen LogP contribution >= 0.6 is 11.3 Å². The third kappa shape index (κ3) is 4.40. The topological polar surface area (TPSA) is 55.2 Å². The van der Waals surface area contributed by atoms with E-state index in [9.17, 15) is 9.59 Å². The van der Waals surface area contributed by atoms with Gasteiger partial charge in [-0.2, -0.15) is 0 Å². The highest BCUT2D eigenvalue weighted by Crippen LogP contribution is 2.32. The molecule has 0 atom stereocenters. The molecule has 0 aliphatic carbocycles. The summed E-state index contributed by atoms with van der Waals surface area (Å²) in [6.07, 6.45) is 1.47. The van der Waals surface area contributed by atoms with Crippen molar-refractivity contribution >= 4 is 27.5 Å². The summed E-state index contributed by atoms with van der Waals surface area (Å²) in [4.78, 5) is 32.9. The van der Waals surface area contributed by atoms with E-state index in [-0.39, 0.29) is 18.0 Å². The Kier molecular flexibility index (Phi) is 6.06. The van der Waals surface area contributed by atoms with E-state index in [0.29, 0.717) is 16.8 Å². The van der Waals surface area contributed by atoms with Crippen LogP contribution in [-0.4, -0.2) is 27.4 Å². The van der Waals surface area contributed by atoms with Gasteiger partial charge in [0.1, 0.15) is 11.4 Å². The monoisotopic (exact) mass is 465 g/mol. The van der Waals surface area contributed by atoms with Crippen molar-refractivity contribution < 1.29 is 4.79 Å². The van der Waals surface area contributed by atoms with Crippen molar-refractivity contribution in [1.29, 1.82) is 0 Å². The van der Waals surface area contributed by atoms with Gasteiger partial charge in [0.15, 0.2) is 0 Å². The second kappa shape index (κ2) is 9.45. The molecule has 0 spiro atoms. The van der Waals surface area contributed by atoms with Crippen LogP contribution in [0.4, 0.5) is 0 Å². The normalized spacial score (nSPS) is 11.0. The van der Waals surface area contributed by atoms with E-state index in [1.165, 1.54) is 22.2 Å². The molecule has 0 saturated heterocycles. The molecule has 5 rings (SSSR count). The summed E-state index contributed by atoms with van der Waals surface area (Å²) in [6, 6.07) is 28.1. The molecule has 3 aromatic carbocycles. The maximum atomic E-state index is 13.3. The second-order valence-electron chi connectivity index (χ2n) is 8.19. The summed E-state index contributed by atoms with van der Waals surface area (Å²) in [5.41, 5.74) is 4.90. The maximum Gasteiger partial charge on any atom is 0.263 e. The number of hydrogen-bond acceptors (Lipinski definition) is 4. The van der Waals surface area contributed by atoms with Gasteiger partial charge in [0.25, 0.3) is 5.56 Å². The van der Waals surface area contributed by atoms with Crippen LogP contribution in [0.15, 0.2) is 101 Å². The van der Waals surface area contributed by atoms with Crippen LogP contribution in [0, 0.1) is 0 Å². The van der Waals surface area contributed by atoms with E-state index in [1.54, 1.807) is 11.9 Å². The number of thiophene rings is 1. The van der Waals surface area contributed by atoms with Gasteiger partial charge in [0, 0.05) is 24.5 Å². The van der Waals surface area contributed by atoms with Crippen LogP contribution in [0.25, 0.3) is 32.5 Å². The molecule has 0 saturated carbocycles. The van der Waals surface area contributed by atoms with Crippen LogP contribution < -0.4 is 5.56 Å². The summed E-state index contributed by atoms with van der Waals surface area (Å²) in [6.45, 7) is 0.439. The molecule has 2 aromatic heterocycles. The molecular weight excluding hydrogens is 442 g/mol. The Morgan fingerprint density at radius 2 is 1.50 bits per heavy atom. The largest absolute Gasteiger partial charge is 0.340 e. The van der Waals surface area contributed by atoms with Gasteiger partial charge in [-0.1, -0.05) is 84.9 Å².